The predicted octanol–water partition coefficient (Wildman–Crippen LogP) is 3.12. The molecule has 1 aromatic heterocycles. The number of fused-ring (bicyclic) bond motifs is 1. The van der Waals surface area contributed by atoms with Crippen molar-refractivity contribution in [2.24, 2.45) is 7.05 Å². The van der Waals surface area contributed by atoms with Gasteiger partial charge in [0.2, 0.25) is 0 Å². The summed E-state index contributed by atoms with van der Waals surface area (Å²) in [5, 5.41) is 0.963. The molecule has 0 amide bonds. The summed E-state index contributed by atoms with van der Waals surface area (Å²) < 4.78 is 7.42. The fourth-order valence-electron chi connectivity index (χ4n) is 2.51. The van der Waals surface area contributed by atoms with Crippen LogP contribution >= 0.6 is 0 Å². The Labute approximate surface area is 101 Å². The van der Waals surface area contributed by atoms with Crippen molar-refractivity contribution in [1.29, 1.82) is 0 Å². The molecule has 90 valence electrons. The molecule has 0 unspecified atom stereocenters. The normalized spacial score (nSPS) is 11.1. The lowest BCUT2D eigenvalue weighted by atomic mass is 10.0. The Kier molecular flexibility index (Phi) is 2.92. The van der Waals surface area contributed by atoms with Crippen LogP contribution in [0, 0.1) is 0 Å². The summed E-state index contributed by atoms with van der Waals surface area (Å²) in [6, 6.07) is 5.80. The SMILES string of the molecule is COc1cccc2c(C=O)c(C(C)C)n(C)c12. The van der Waals surface area contributed by atoms with Gasteiger partial charge in [0.05, 0.1) is 12.6 Å². The van der Waals surface area contributed by atoms with Gasteiger partial charge in [-0.25, -0.2) is 0 Å². The van der Waals surface area contributed by atoms with E-state index in [4.69, 9.17) is 4.74 Å². The van der Waals surface area contributed by atoms with E-state index in [-0.39, 0.29) is 0 Å². The van der Waals surface area contributed by atoms with Crippen molar-refractivity contribution in [2.45, 2.75) is 19.8 Å². The van der Waals surface area contributed by atoms with E-state index in [9.17, 15) is 4.79 Å². The Bertz CT molecular complexity index is 567. The van der Waals surface area contributed by atoms with Gasteiger partial charge in [-0.15, -0.1) is 0 Å². The Morgan fingerprint density at radius 3 is 2.59 bits per heavy atom. The van der Waals surface area contributed by atoms with Crippen LogP contribution in [0.15, 0.2) is 18.2 Å². The van der Waals surface area contributed by atoms with Crippen LogP contribution in [0.25, 0.3) is 10.9 Å². The van der Waals surface area contributed by atoms with Crippen LogP contribution in [-0.2, 0) is 7.05 Å². The molecule has 0 spiro atoms. The van der Waals surface area contributed by atoms with Gasteiger partial charge >= 0.3 is 0 Å². The second-order valence-electron chi connectivity index (χ2n) is 4.49. The Morgan fingerprint density at radius 1 is 1.35 bits per heavy atom. The minimum absolute atomic E-state index is 0.303. The van der Waals surface area contributed by atoms with Crippen LogP contribution in [-0.4, -0.2) is 18.0 Å². The molecule has 0 aliphatic carbocycles. The minimum Gasteiger partial charge on any atom is -0.495 e. The number of rotatable bonds is 3. The van der Waals surface area contributed by atoms with E-state index < -0.39 is 0 Å². The first kappa shape index (κ1) is 11.7. The third-order valence-electron chi connectivity index (χ3n) is 3.15. The molecule has 0 saturated carbocycles. The molecule has 0 aliphatic rings. The lowest BCUT2D eigenvalue weighted by Crippen LogP contribution is -2.01. The molecule has 0 atom stereocenters. The van der Waals surface area contributed by atoms with E-state index in [1.54, 1.807) is 7.11 Å². The van der Waals surface area contributed by atoms with Crippen molar-refractivity contribution in [3.8, 4) is 5.75 Å². The summed E-state index contributed by atoms with van der Waals surface area (Å²) in [5.41, 5.74) is 2.82. The molecule has 17 heavy (non-hydrogen) atoms. The summed E-state index contributed by atoms with van der Waals surface area (Å²) in [4.78, 5) is 11.3. The molecule has 0 N–H and O–H groups in total. The minimum atomic E-state index is 0.303. The number of nitrogens with zero attached hydrogens (tertiary/aromatic N) is 1. The average Bonchev–Trinajstić information content (AvgIpc) is 2.62. The Balaban J connectivity index is 2.93. The summed E-state index contributed by atoms with van der Waals surface area (Å²) in [6.07, 6.45) is 0.942. The molecule has 0 bridgehead atoms. The van der Waals surface area contributed by atoms with E-state index in [2.05, 4.69) is 18.4 Å². The zero-order chi connectivity index (χ0) is 12.6. The number of carbonyl (C=O) groups is 1. The quantitative estimate of drug-likeness (QED) is 0.760. The van der Waals surface area contributed by atoms with E-state index >= 15 is 0 Å². The lowest BCUT2D eigenvalue weighted by molar-refractivity contribution is 0.112. The molecular weight excluding hydrogens is 214 g/mol. The maximum atomic E-state index is 11.3. The summed E-state index contributed by atoms with van der Waals surface area (Å²) in [6.45, 7) is 4.18. The molecule has 3 nitrogen and oxygen atoms in total. The highest BCUT2D eigenvalue weighted by atomic mass is 16.5. The number of aromatic nitrogens is 1. The van der Waals surface area contributed by atoms with Crippen LogP contribution in [0.3, 0.4) is 0 Å². The third kappa shape index (κ3) is 1.62. The fraction of sp³-hybridized carbons (Fsp3) is 0.357. The topological polar surface area (TPSA) is 31.2 Å². The fourth-order valence-corrected chi connectivity index (χ4v) is 2.51. The second-order valence-corrected chi connectivity index (χ2v) is 4.49. The summed E-state index contributed by atoms with van der Waals surface area (Å²) in [5.74, 6) is 1.11. The number of methoxy groups -OCH3 is 1. The first-order valence-corrected chi connectivity index (χ1v) is 5.72. The Hall–Kier alpha value is -1.77. The van der Waals surface area contributed by atoms with Gasteiger partial charge in [0, 0.05) is 23.7 Å². The van der Waals surface area contributed by atoms with Gasteiger partial charge in [-0.3, -0.25) is 4.79 Å². The monoisotopic (exact) mass is 231 g/mol. The van der Waals surface area contributed by atoms with Crippen LogP contribution in [0.5, 0.6) is 5.75 Å². The number of hydrogen-bond acceptors (Lipinski definition) is 2. The maximum Gasteiger partial charge on any atom is 0.152 e. The number of carbonyl (C=O) groups excluding carboxylic acids is 1. The van der Waals surface area contributed by atoms with E-state index in [0.717, 1.165) is 34.2 Å². The number of aldehydes is 1. The molecule has 0 saturated heterocycles. The standard InChI is InChI=1S/C14H17NO2/c1-9(2)13-11(8-16)10-6-5-7-12(17-4)14(10)15(13)3/h5-9H,1-4H3. The summed E-state index contributed by atoms with van der Waals surface area (Å²) in [7, 11) is 3.63. The molecule has 3 heteroatoms. The second kappa shape index (κ2) is 4.24. The van der Waals surface area contributed by atoms with E-state index in [1.165, 1.54) is 0 Å². The Morgan fingerprint density at radius 2 is 2.06 bits per heavy atom. The number of ether oxygens (including phenoxy) is 1. The predicted molar refractivity (Wildman–Crippen MR) is 68.9 cm³/mol. The molecule has 0 aliphatic heterocycles. The highest BCUT2D eigenvalue weighted by Crippen LogP contribution is 2.34. The van der Waals surface area contributed by atoms with E-state index in [0.29, 0.717) is 5.92 Å². The average molecular weight is 231 g/mol. The molecule has 2 aromatic rings. The maximum absolute atomic E-state index is 11.3. The molecule has 0 radical (unpaired) electrons. The number of benzene rings is 1. The van der Waals surface area contributed by atoms with E-state index in [1.807, 2.05) is 25.2 Å². The van der Waals surface area contributed by atoms with Crippen molar-refractivity contribution in [3.05, 3.63) is 29.5 Å². The van der Waals surface area contributed by atoms with Gasteiger partial charge < -0.3 is 9.30 Å². The largest absolute Gasteiger partial charge is 0.495 e. The zero-order valence-electron chi connectivity index (χ0n) is 10.7. The van der Waals surface area contributed by atoms with Gasteiger partial charge in [-0.05, 0) is 12.0 Å². The molecule has 1 aromatic carbocycles. The van der Waals surface area contributed by atoms with Gasteiger partial charge in [0.25, 0.3) is 0 Å². The summed E-state index contributed by atoms with van der Waals surface area (Å²) >= 11 is 0. The number of para-hydroxylation sites is 1. The first-order valence-electron chi connectivity index (χ1n) is 5.72. The molecule has 1 heterocycles. The molecule has 0 fully saturated rings. The van der Waals surface area contributed by atoms with Crippen molar-refractivity contribution in [3.63, 3.8) is 0 Å². The third-order valence-corrected chi connectivity index (χ3v) is 3.15. The van der Waals surface area contributed by atoms with Crippen LogP contribution in [0.4, 0.5) is 0 Å². The van der Waals surface area contributed by atoms with Crippen molar-refractivity contribution < 1.29 is 9.53 Å². The molecule has 2 rings (SSSR count). The lowest BCUT2D eigenvalue weighted by Gasteiger charge is -2.09. The van der Waals surface area contributed by atoms with Gasteiger partial charge in [0.15, 0.2) is 6.29 Å². The van der Waals surface area contributed by atoms with Crippen molar-refractivity contribution >= 4 is 17.2 Å². The van der Waals surface area contributed by atoms with Gasteiger partial charge in [0.1, 0.15) is 5.75 Å². The highest BCUT2D eigenvalue weighted by molar-refractivity contribution is 6.01. The number of aryl methyl sites for hydroxylation is 1. The first-order chi connectivity index (χ1) is 8.11. The van der Waals surface area contributed by atoms with Crippen LogP contribution in [0.2, 0.25) is 0 Å². The molecular formula is C14H17NO2. The van der Waals surface area contributed by atoms with Crippen molar-refractivity contribution in [1.82, 2.24) is 4.57 Å². The van der Waals surface area contributed by atoms with Crippen molar-refractivity contribution in [2.75, 3.05) is 7.11 Å². The van der Waals surface area contributed by atoms with Gasteiger partial charge in [-0.1, -0.05) is 26.0 Å². The smallest absolute Gasteiger partial charge is 0.152 e. The number of hydrogen-bond donors (Lipinski definition) is 0. The van der Waals surface area contributed by atoms with Gasteiger partial charge in [-0.2, -0.15) is 0 Å². The highest BCUT2D eigenvalue weighted by Gasteiger charge is 2.19. The van der Waals surface area contributed by atoms with Crippen LogP contribution in [0.1, 0.15) is 35.8 Å². The zero-order valence-corrected chi connectivity index (χ0v) is 10.7. The van der Waals surface area contributed by atoms with Crippen LogP contribution < -0.4 is 4.74 Å².